The Morgan fingerprint density at radius 1 is 0.710 bits per heavy atom. The topological polar surface area (TPSA) is 58.9 Å². The average molecular weight is 475 g/mol. The molecule has 0 radical (unpaired) electrons. The molecule has 0 amide bonds. The van der Waals surface area contributed by atoms with Crippen LogP contribution in [-0.2, 0) is 31.2 Å². The summed E-state index contributed by atoms with van der Waals surface area (Å²) in [6.07, 6.45) is 17.4. The number of allylic oxidation sites excluding steroid dienone is 1. The molecule has 1 saturated heterocycles. The van der Waals surface area contributed by atoms with Gasteiger partial charge in [0.05, 0.1) is 12.2 Å². The first-order valence-corrected chi connectivity index (χ1v) is 12.1. The third-order valence-corrected chi connectivity index (χ3v) is 5.33. The monoisotopic (exact) mass is 474 g/mol. The van der Waals surface area contributed by atoms with Crippen LogP contribution in [0.3, 0.4) is 0 Å². The van der Waals surface area contributed by atoms with Crippen molar-refractivity contribution in [3.63, 3.8) is 0 Å². The van der Waals surface area contributed by atoms with Crippen molar-refractivity contribution in [2.24, 2.45) is 11.8 Å². The van der Waals surface area contributed by atoms with E-state index in [1.54, 1.807) is 33.8 Å². The summed E-state index contributed by atoms with van der Waals surface area (Å²) < 4.78 is 12.4. The zero-order chi connectivity index (χ0) is 22.9. The summed E-state index contributed by atoms with van der Waals surface area (Å²) in [5.41, 5.74) is 0. The number of rotatable bonds is 3. The van der Waals surface area contributed by atoms with Gasteiger partial charge in [0.1, 0.15) is 0 Å². The van der Waals surface area contributed by atoms with Crippen LogP contribution in [0.1, 0.15) is 98.8 Å². The molecule has 0 aromatic rings. The van der Waals surface area contributed by atoms with Crippen molar-refractivity contribution in [3.05, 3.63) is 25.3 Å². The maximum Gasteiger partial charge on any atom is 0.177 e. The van der Waals surface area contributed by atoms with Gasteiger partial charge in [0, 0.05) is 33.9 Å². The number of aliphatic hydroxyl groups excluding tert-OH is 2. The van der Waals surface area contributed by atoms with Crippen LogP contribution >= 0.6 is 0 Å². The van der Waals surface area contributed by atoms with Gasteiger partial charge in [0.15, 0.2) is 6.29 Å². The van der Waals surface area contributed by atoms with Crippen molar-refractivity contribution in [1.82, 2.24) is 0 Å². The zero-order valence-corrected chi connectivity index (χ0v) is 22.5. The average Bonchev–Trinajstić information content (AvgIpc) is 3.14. The quantitative estimate of drug-likeness (QED) is 0.367. The molecule has 31 heavy (non-hydrogen) atoms. The summed E-state index contributed by atoms with van der Waals surface area (Å²) in [5, 5.41) is 16.1. The van der Waals surface area contributed by atoms with E-state index in [2.05, 4.69) is 13.2 Å². The van der Waals surface area contributed by atoms with Crippen LogP contribution in [0.15, 0.2) is 25.3 Å². The third-order valence-electron chi connectivity index (χ3n) is 5.33. The van der Waals surface area contributed by atoms with Crippen LogP contribution in [0.4, 0.5) is 0 Å². The van der Waals surface area contributed by atoms with E-state index in [9.17, 15) is 0 Å². The molecule has 182 valence electrons. The van der Waals surface area contributed by atoms with Crippen LogP contribution in [0.25, 0.3) is 0 Å². The molecule has 2 aliphatic carbocycles. The molecule has 1 aliphatic heterocycles. The minimum Gasteiger partial charge on any atom is -0.394 e. The first-order chi connectivity index (χ1) is 14.3. The second-order valence-electron chi connectivity index (χ2n) is 9.20. The number of hydrogen-bond acceptors (Lipinski definition) is 4. The second-order valence-corrected chi connectivity index (χ2v) is 9.20. The maximum absolute atomic E-state index is 8.06. The summed E-state index contributed by atoms with van der Waals surface area (Å²) in [4.78, 5) is 0. The normalized spacial score (nSPS) is 24.5. The molecule has 3 aliphatic rings. The fourth-order valence-electron chi connectivity index (χ4n) is 4.29. The Bertz CT molecular complexity index is 378. The van der Waals surface area contributed by atoms with Crippen LogP contribution in [0, 0.1) is 11.8 Å². The van der Waals surface area contributed by atoms with Gasteiger partial charge in [0.2, 0.25) is 0 Å². The molecule has 2 N–H and O–H groups in total. The minimum atomic E-state index is -0.167. The fourth-order valence-corrected chi connectivity index (χ4v) is 4.29. The standard InChI is InChI=1S/C17H28O2.2C3H8O.C3H6.Ti/c1-2-15-18-16(13-9-5-3-6-10-13)17(19-15)14-11-7-4-8-12-14;2*1-3(2)4;1-3-2;/h2,13-17H,1,3-12H2;2*3-4H,1-2H3;3H,1H2,2H3;/t16-,17-;;;;/m1..../s1. The third kappa shape index (κ3) is 16.3. The Kier molecular flexibility index (Phi) is 22.1. The van der Waals surface area contributed by atoms with E-state index in [1.807, 2.05) is 13.0 Å². The van der Waals surface area contributed by atoms with Crippen LogP contribution in [-0.4, -0.2) is 40.9 Å². The number of hydrogen-bond donors (Lipinski definition) is 2. The van der Waals surface area contributed by atoms with E-state index in [4.69, 9.17) is 19.7 Å². The predicted octanol–water partition coefficient (Wildman–Crippen LogP) is 6.41. The summed E-state index contributed by atoms with van der Waals surface area (Å²) in [5.74, 6) is 1.45. The van der Waals surface area contributed by atoms with E-state index in [0.717, 1.165) is 11.8 Å². The van der Waals surface area contributed by atoms with Crippen LogP contribution < -0.4 is 0 Å². The van der Waals surface area contributed by atoms with Crippen molar-refractivity contribution in [2.45, 2.75) is 130 Å². The van der Waals surface area contributed by atoms with E-state index in [0.29, 0.717) is 12.2 Å². The molecule has 0 unspecified atom stereocenters. The minimum absolute atomic E-state index is 0. The van der Waals surface area contributed by atoms with Gasteiger partial charge in [-0.15, -0.1) is 6.58 Å². The van der Waals surface area contributed by atoms with Gasteiger partial charge in [-0.1, -0.05) is 51.2 Å². The van der Waals surface area contributed by atoms with Gasteiger partial charge >= 0.3 is 0 Å². The fraction of sp³-hybridized carbons (Fsp3) is 0.846. The van der Waals surface area contributed by atoms with Crippen molar-refractivity contribution < 1.29 is 41.4 Å². The van der Waals surface area contributed by atoms with Crippen molar-refractivity contribution >= 4 is 0 Å². The van der Waals surface area contributed by atoms with Crippen molar-refractivity contribution in [2.75, 3.05) is 0 Å². The molecule has 0 aromatic heterocycles. The maximum atomic E-state index is 8.06. The molecule has 0 bridgehead atoms. The molecule has 3 rings (SSSR count). The molecule has 0 spiro atoms. The molecule has 2 saturated carbocycles. The molecule has 2 atom stereocenters. The molecule has 4 nitrogen and oxygen atoms in total. The zero-order valence-electron chi connectivity index (χ0n) is 20.9. The Labute approximate surface area is 207 Å². The SMILES string of the molecule is C=CC.C=CC1O[C@H](C2CCCCC2)[C@@H](C2CCCCC2)O1.CC(C)O.CC(C)O.[Ti]. The van der Waals surface area contributed by atoms with E-state index in [-0.39, 0.29) is 40.2 Å². The first-order valence-electron chi connectivity index (χ1n) is 12.1. The predicted molar refractivity (Wildman–Crippen MR) is 127 cm³/mol. The summed E-state index contributed by atoms with van der Waals surface area (Å²) in [7, 11) is 0. The number of ether oxygens (including phenoxy) is 2. The van der Waals surface area contributed by atoms with E-state index < -0.39 is 0 Å². The van der Waals surface area contributed by atoms with Crippen LogP contribution in [0.5, 0.6) is 0 Å². The van der Waals surface area contributed by atoms with Crippen molar-refractivity contribution in [1.29, 1.82) is 0 Å². The molecular weight excluding hydrogens is 424 g/mol. The number of aliphatic hydroxyl groups is 2. The van der Waals surface area contributed by atoms with E-state index in [1.165, 1.54) is 64.2 Å². The summed E-state index contributed by atoms with van der Waals surface area (Å²) in [6, 6.07) is 0. The molecule has 1 heterocycles. The Hall–Kier alpha value is 0.0343. The van der Waals surface area contributed by atoms with Gasteiger partial charge in [-0.25, -0.2) is 0 Å². The largest absolute Gasteiger partial charge is 0.394 e. The van der Waals surface area contributed by atoms with Gasteiger partial charge in [-0.3, -0.25) is 0 Å². The summed E-state index contributed by atoms with van der Waals surface area (Å²) in [6.45, 7) is 16.0. The Morgan fingerprint density at radius 3 is 1.19 bits per heavy atom. The molecule has 5 heteroatoms. The van der Waals surface area contributed by atoms with E-state index >= 15 is 0 Å². The van der Waals surface area contributed by atoms with Gasteiger partial charge < -0.3 is 19.7 Å². The van der Waals surface area contributed by atoms with Gasteiger partial charge in [0.25, 0.3) is 0 Å². The first kappa shape index (κ1) is 33.2. The van der Waals surface area contributed by atoms with Gasteiger partial charge in [-0.2, -0.15) is 0 Å². The molecule has 3 fully saturated rings. The molecule has 0 aromatic carbocycles. The summed E-state index contributed by atoms with van der Waals surface area (Å²) >= 11 is 0. The second kappa shape index (κ2) is 20.6. The van der Waals surface area contributed by atoms with Gasteiger partial charge in [-0.05, 0) is 78.2 Å². The molecular formula is C26H50O4Ti. The Morgan fingerprint density at radius 2 is 0.968 bits per heavy atom. The van der Waals surface area contributed by atoms with Crippen molar-refractivity contribution in [3.8, 4) is 0 Å². The Balaban J connectivity index is 0. The van der Waals surface area contributed by atoms with Crippen LogP contribution in [0.2, 0.25) is 0 Å². The smallest absolute Gasteiger partial charge is 0.177 e.